The molecule has 3 nitrogen and oxygen atoms in total. The molecular weight excluding hydrogens is 234 g/mol. The van der Waals surface area contributed by atoms with Gasteiger partial charge in [-0.1, -0.05) is 41.4 Å². The number of anilines is 1. The Bertz CT molecular complexity index is 479. The average molecular weight is 248 g/mol. The molecule has 0 aliphatic rings. The predicted octanol–water partition coefficient (Wildman–Crippen LogP) is 3.07. The third-order valence-corrected chi connectivity index (χ3v) is 2.75. The van der Waals surface area contributed by atoms with Crippen LogP contribution in [0.15, 0.2) is 36.4 Å². The minimum Gasteiger partial charge on any atom is -0.354 e. The number of nitrogens with zero attached hydrogens (tertiary/aromatic N) is 3. The zero-order valence-electron chi connectivity index (χ0n) is 9.89. The summed E-state index contributed by atoms with van der Waals surface area (Å²) in [4.78, 5) is 2.04. The van der Waals surface area contributed by atoms with Gasteiger partial charge in [-0.3, -0.25) is 0 Å². The lowest BCUT2D eigenvalue weighted by atomic mass is 10.1. The molecule has 0 bridgehead atoms. The molecular formula is C13H14ClN3. The van der Waals surface area contributed by atoms with Crippen molar-refractivity contribution in [1.29, 1.82) is 0 Å². The van der Waals surface area contributed by atoms with E-state index >= 15 is 0 Å². The molecule has 0 unspecified atom stereocenters. The summed E-state index contributed by atoms with van der Waals surface area (Å²) in [6.45, 7) is 2.88. The summed E-state index contributed by atoms with van der Waals surface area (Å²) in [6.07, 6.45) is 0. The van der Waals surface area contributed by atoms with E-state index in [0.29, 0.717) is 5.15 Å². The van der Waals surface area contributed by atoms with Crippen LogP contribution < -0.4 is 4.90 Å². The van der Waals surface area contributed by atoms with Crippen molar-refractivity contribution in [2.45, 2.75) is 13.5 Å². The maximum Gasteiger partial charge on any atom is 0.151 e. The van der Waals surface area contributed by atoms with Gasteiger partial charge in [0.15, 0.2) is 11.0 Å². The highest BCUT2D eigenvalue weighted by Crippen LogP contribution is 2.13. The molecule has 4 heteroatoms. The van der Waals surface area contributed by atoms with Crippen molar-refractivity contribution in [3.63, 3.8) is 0 Å². The summed E-state index contributed by atoms with van der Waals surface area (Å²) in [5.41, 5.74) is 2.51. The van der Waals surface area contributed by atoms with Gasteiger partial charge in [-0.15, -0.1) is 10.2 Å². The Balaban J connectivity index is 2.08. The zero-order chi connectivity index (χ0) is 12.3. The molecule has 88 valence electrons. The Kier molecular flexibility index (Phi) is 3.59. The predicted molar refractivity (Wildman–Crippen MR) is 70.3 cm³/mol. The van der Waals surface area contributed by atoms with Gasteiger partial charge in [0.1, 0.15) is 0 Å². The Hall–Kier alpha value is -1.61. The maximum atomic E-state index is 5.70. The van der Waals surface area contributed by atoms with E-state index in [0.717, 1.165) is 12.4 Å². The minimum atomic E-state index is 0.414. The molecule has 0 fully saturated rings. The molecule has 17 heavy (non-hydrogen) atoms. The molecule has 1 heterocycles. The van der Waals surface area contributed by atoms with E-state index in [1.807, 2.05) is 18.0 Å². The first kappa shape index (κ1) is 11.9. The van der Waals surface area contributed by atoms with Crippen LogP contribution in [0.4, 0.5) is 5.82 Å². The first-order valence-electron chi connectivity index (χ1n) is 5.41. The Morgan fingerprint density at radius 3 is 2.35 bits per heavy atom. The van der Waals surface area contributed by atoms with Gasteiger partial charge >= 0.3 is 0 Å². The van der Waals surface area contributed by atoms with Gasteiger partial charge in [0.05, 0.1) is 0 Å². The van der Waals surface area contributed by atoms with Crippen LogP contribution in [0.1, 0.15) is 11.1 Å². The fourth-order valence-corrected chi connectivity index (χ4v) is 1.66. The smallest absolute Gasteiger partial charge is 0.151 e. The minimum absolute atomic E-state index is 0.414. The third kappa shape index (κ3) is 3.17. The van der Waals surface area contributed by atoms with Crippen molar-refractivity contribution in [2.24, 2.45) is 0 Å². The standard InChI is InChI=1S/C13H14ClN3/c1-10-3-5-11(6-4-10)9-17(2)13-8-7-12(14)15-16-13/h3-8H,9H2,1-2H3. The number of hydrogen-bond donors (Lipinski definition) is 0. The molecule has 0 aliphatic carbocycles. The van der Waals surface area contributed by atoms with Gasteiger partial charge in [0.25, 0.3) is 0 Å². The maximum absolute atomic E-state index is 5.70. The second-order valence-corrected chi connectivity index (χ2v) is 4.44. The SMILES string of the molecule is Cc1ccc(CN(C)c2ccc(Cl)nn2)cc1. The van der Waals surface area contributed by atoms with E-state index in [4.69, 9.17) is 11.6 Å². The number of halogens is 1. The van der Waals surface area contributed by atoms with E-state index in [1.54, 1.807) is 6.07 Å². The zero-order valence-corrected chi connectivity index (χ0v) is 10.6. The fourth-order valence-electron chi connectivity index (χ4n) is 1.56. The highest BCUT2D eigenvalue weighted by molar-refractivity contribution is 6.29. The highest BCUT2D eigenvalue weighted by atomic mass is 35.5. The summed E-state index contributed by atoms with van der Waals surface area (Å²) in [7, 11) is 1.98. The Morgan fingerprint density at radius 2 is 1.76 bits per heavy atom. The van der Waals surface area contributed by atoms with Crippen LogP contribution in [0.3, 0.4) is 0 Å². The second-order valence-electron chi connectivity index (χ2n) is 4.06. The molecule has 0 aliphatic heterocycles. The van der Waals surface area contributed by atoms with Gasteiger partial charge in [-0.25, -0.2) is 0 Å². The van der Waals surface area contributed by atoms with Gasteiger partial charge in [0.2, 0.25) is 0 Å². The number of aromatic nitrogens is 2. The van der Waals surface area contributed by atoms with Crippen LogP contribution in [-0.4, -0.2) is 17.2 Å². The summed E-state index contributed by atoms with van der Waals surface area (Å²) < 4.78 is 0. The summed E-state index contributed by atoms with van der Waals surface area (Å²) in [6, 6.07) is 12.1. The molecule has 1 aromatic carbocycles. The molecule has 2 aromatic rings. The fraction of sp³-hybridized carbons (Fsp3) is 0.231. The van der Waals surface area contributed by atoms with Gasteiger partial charge in [-0.05, 0) is 24.6 Å². The van der Waals surface area contributed by atoms with E-state index in [-0.39, 0.29) is 0 Å². The average Bonchev–Trinajstić information content (AvgIpc) is 2.33. The van der Waals surface area contributed by atoms with E-state index in [9.17, 15) is 0 Å². The molecule has 2 rings (SSSR count). The highest BCUT2D eigenvalue weighted by Gasteiger charge is 2.04. The van der Waals surface area contributed by atoms with E-state index < -0.39 is 0 Å². The van der Waals surface area contributed by atoms with E-state index in [2.05, 4.69) is 41.4 Å². The van der Waals surface area contributed by atoms with Crippen LogP contribution in [0.25, 0.3) is 0 Å². The van der Waals surface area contributed by atoms with Crippen LogP contribution in [0, 0.1) is 6.92 Å². The molecule has 0 saturated carbocycles. The molecule has 0 N–H and O–H groups in total. The largest absolute Gasteiger partial charge is 0.354 e. The lowest BCUT2D eigenvalue weighted by Crippen LogP contribution is -2.17. The van der Waals surface area contributed by atoms with Crippen molar-refractivity contribution in [2.75, 3.05) is 11.9 Å². The Labute approximate surface area is 106 Å². The van der Waals surface area contributed by atoms with E-state index in [1.165, 1.54) is 11.1 Å². The number of hydrogen-bond acceptors (Lipinski definition) is 3. The van der Waals surface area contributed by atoms with Crippen LogP contribution >= 0.6 is 11.6 Å². The van der Waals surface area contributed by atoms with Crippen molar-refractivity contribution >= 4 is 17.4 Å². The van der Waals surface area contributed by atoms with Gasteiger partial charge in [-0.2, -0.15) is 0 Å². The first-order chi connectivity index (χ1) is 8.15. The normalized spacial score (nSPS) is 10.3. The summed E-state index contributed by atoms with van der Waals surface area (Å²) in [5.74, 6) is 0.815. The molecule has 0 atom stereocenters. The van der Waals surface area contributed by atoms with Crippen LogP contribution in [0.5, 0.6) is 0 Å². The van der Waals surface area contributed by atoms with Gasteiger partial charge < -0.3 is 4.90 Å². The van der Waals surface area contributed by atoms with Crippen LogP contribution in [-0.2, 0) is 6.54 Å². The van der Waals surface area contributed by atoms with Gasteiger partial charge in [0, 0.05) is 13.6 Å². The van der Waals surface area contributed by atoms with Crippen molar-refractivity contribution in [1.82, 2.24) is 10.2 Å². The summed E-state index contributed by atoms with van der Waals surface area (Å²) >= 11 is 5.70. The van der Waals surface area contributed by atoms with Crippen LogP contribution in [0.2, 0.25) is 5.15 Å². The topological polar surface area (TPSA) is 29.0 Å². The molecule has 0 radical (unpaired) electrons. The number of benzene rings is 1. The molecule has 0 amide bonds. The molecule has 0 spiro atoms. The van der Waals surface area contributed by atoms with Crippen molar-refractivity contribution < 1.29 is 0 Å². The van der Waals surface area contributed by atoms with Crippen molar-refractivity contribution in [3.8, 4) is 0 Å². The summed E-state index contributed by atoms with van der Waals surface area (Å²) in [5, 5.41) is 8.28. The molecule has 0 saturated heterocycles. The third-order valence-electron chi connectivity index (χ3n) is 2.55. The lowest BCUT2D eigenvalue weighted by Gasteiger charge is -2.17. The lowest BCUT2D eigenvalue weighted by molar-refractivity contribution is 0.866. The second kappa shape index (κ2) is 5.15. The number of rotatable bonds is 3. The Morgan fingerprint density at radius 1 is 1.06 bits per heavy atom. The quantitative estimate of drug-likeness (QED) is 0.835. The first-order valence-corrected chi connectivity index (χ1v) is 5.79. The monoisotopic (exact) mass is 247 g/mol. The molecule has 1 aromatic heterocycles. The number of aryl methyl sites for hydroxylation is 1. The van der Waals surface area contributed by atoms with Crippen molar-refractivity contribution in [3.05, 3.63) is 52.7 Å².